The zero-order valence-electron chi connectivity index (χ0n) is 18.1. The van der Waals surface area contributed by atoms with Gasteiger partial charge in [0.15, 0.2) is 5.96 Å². The van der Waals surface area contributed by atoms with Gasteiger partial charge in [0.05, 0.1) is 12.0 Å². The summed E-state index contributed by atoms with van der Waals surface area (Å²) in [6.07, 6.45) is 0.907. The molecule has 0 spiro atoms. The van der Waals surface area contributed by atoms with Crippen LogP contribution in [0.25, 0.3) is 0 Å². The predicted octanol–water partition coefficient (Wildman–Crippen LogP) is 1.25. The number of aliphatic carboxylic acids is 1. The van der Waals surface area contributed by atoms with Crippen molar-refractivity contribution < 1.29 is 24.2 Å². The Morgan fingerprint density at radius 2 is 1.79 bits per heavy atom. The number of nitrogens with one attached hydrogen (secondary N) is 1. The van der Waals surface area contributed by atoms with E-state index in [1.165, 1.54) is 6.92 Å². The number of hydrogen-bond donors (Lipinski definition) is 4. The first kappa shape index (κ1) is 24.7. The number of nitrogens with two attached hydrogens (primary N) is 2. The van der Waals surface area contributed by atoms with Crippen molar-refractivity contribution in [2.45, 2.75) is 78.5 Å². The first-order chi connectivity index (χ1) is 13.5. The number of ether oxygens (including phenoxy) is 1. The van der Waals surface area contributed by atoms with E-state index in [2.05, 4.69) is 10.3 Å². The van der Waals surface area contributed by atoms with Crippen molar-refractivity contribution in [3.8, 4) is 0 Å². The Hall–Kier alpha value is -2.32. The number of carboxylic acids is 1. The number of carbonyl (C=O) groups excluding carboxylic acids is 2. The minimum Gasteiger partial charge on any atom is -0.481 e. The number of guanidine groups is 1. The fourth-order valence-electron chi connectivity index (χ4n) is 4.31. The van der Waals surface area contributed by atoms with Crippen LogP contribution in [0.1, 0.15) is 60.3 Å². The quantitative estimate of drug-likeness (QED) is 0.239. The van der Waals surface area contributed by atoms with E-state index in [4.69, 9.17) is 16.2 Å². The lowest BCUT2D eigenvalue weighted by Gasteiger charge is -2.36. The fraction of sp³-hybridized carbons (Fsp3) is 0.800. The maximum atomic E-state index is 12.4. The molecule has 1 rings (SSSR count). The largest absolute Gasteiger partial charge is 0.481 e. The average Bonchev–Trinajstić information content (AvgIpc) is 2.91. The van der Waals surface area contributed by atoms with E-state index >= 15 is 0 Å². The molecular weight excluding hydrogens is 376 g/mol. The maximum Gasteiger partial charge on any atom is 0.310 e. The molecule has 0 aromatic heterocycles. The normalized spacial score (nSPS) is 24.9. The van der Waals surface area contributed by atoms with Gasteiger partial charge in [0.1, 0.15) is 6.10 Å². The Labute approximate surface area is 172 Å². The summed E-state index contributed by atoms with van der Waals surface area (Å²) in [4.78, 5) is 40.6. The summed E-state index contributed by atoms with van der Waals surface area (Å²) >= 11 is 0. The Morgan fingerprint density at radius 1 is 1.21 bits per heavy atom. The SMILES string of the molecule is CCC(CC)C(NC(C)=O)[C@@H]1C(OC(=O)CC(C)C)[C@@H](C(=O)O)C[C@H]1N=C(N)N. The van der Waals surface area contributed by atoms with Crippen LogP contribution in [0.3, 0.4) is 0 Å². The molecule has 29 heavy (non-hydrogen) atoms. The van der Waals surface area contributed by atoms with Gasteiger partial charge in [-0.1, -0.05) is 40.5 Å². The summed E-state index contributed by atoms with van der Waals surface area (Å²) in [6, 6.07) is -0.993. The molecule has 1 amide bonds. The van der Waals surface area contributed by atoms with Gasteiger partial charge in [0, 0.05) is 25.3 Å². The molecule has 1 aliphatic carbocycles. The molecule has 0 radical (unpaired) electrons. The highest BCUT2D eigenvalue weighted by atomic mass is 16.5. The van der Waals surface area contributed by atoms with Crippen molar-refractivity contribution in [2.24, 2.45) is 40.1 Å². The number of carbonyl (C=O) groups is 3. The van der Waals surface area contributed by atoms with Crippen LogP contribution >= 0.6 is 0 Å². The fourth-order valence-corrected chi connectivity index (χ4v) is 4.31. The van der Waals surface area contributed by atoms with Crippen molar-refractivity contribution in [3.63, 3.8) is 0 Å². The molecular formula is C20H36N4O5. The Balaban J connectivity index is 3.43. The van der Waals surface area contributed by atoms with E-state index in [1.54, 1.807) is 0 Å². The van der Waals surface area contributed by atoms with Crippen molar-refractivity contribution in [1.82, 2.24) is 5.32 Å². The van der Waals surface area contributed by atoms with Crippen LogP contribution < -0.4 is 16.8 Å². The zero-order valence-corrected chi connectivity index (χ0v) is 18.1. The molecule has 9 nitrogen and oxygen atoms in total. The number of amides is 1. The highest BCUT2D eigenvalue weighted by Crippen LogP contribution is 2.41. The van der Waals surface area contributed by atoms with Gasteiger partial charge in [-0.15, -0.1) is 0 Å². The van der Waals surface area contributed by atoms with E-state index in [0.29, 0.717) is 0 Å². The van der Waals surface area contributed by atoms with Crippen molar-refractivity contribution >= 4 is 23.8 Å². The first-order valence-corrected chi connectivity index (χ1v) is 10.3. The number of hydrogen-bond acceptors (Lipinski definition) is 5. The third-order valence-corrected chi connectivity index (χ3v) is 5.53. The summed E-state index contributed by atoms with van der Waals surface area (Å²) in [5.74, 6) is -3.29. The van der Waals surface area contributed by atoms with E-state index < -0.39 is 42.0 Å². The Morgan fingerprint density at radius 3 is 2.21 bits per heavy atom. The van der Waals surface area contributed by atoms with Crippen molar-refractivity contribution in [1.29, 1.82) is 0 Å². The van der Waals surface area contributed by atoms with E-state index in [-0.39, 0.29) is 36.5 Å². The molecule has 1 saturated carbocycles. The van der Waals surface area contributed by atoms with Crippen molar-refractivity contribution in [2.75, 3.05) is 0 Å². The van der Waals surface area contributed by atoms with Crippen LogP contribution in [0.5, 0.6) is 0 Å². The molecule has 1 aliphatic rings. The van der Waals surface area contributed by atoms with Crippen LogP contribution in [0.15, 0.2) is 4.99 Å². The summed E-state index contributed by atoms with van der Waals surface area (Å²) in [7, 11) is 0. The molecule has 6 N–H and O–H groups in total. The summed E-state index contributed by atoms with van der Waals surface area (Å²) in [5.41, 5.74) is 11.2. The predicted molar refractivity (Wildman–Crippen MR) is 110 cm³/mol. The molecule has 0 aromatic carbocycles. The monoisotopic (exact) mass is 412 g/mol. The molecule has 0 bridgehead atoms. The highest BCUT2D eigenvalue weighted by molar-refractivity contribution is 5.77. The van der Waals surface area contributed by atoms with Gasteiger partial charge in [0.2, 0.25) is 5.91 Å². The molecule has 1 fully saturated rings. The second-order valence-corrected chi connectivity index (χ2v) is 8.23. The summed E-state index contributed by atoms with van der Waals surface area (Å²) in [6.45, 7) is 9.18. The van der Waals surface area contributed by atoms with Crippen LogP contribution in [0, 0.1) is 23.7 Å². The third-order valence-electron chi connectivity index (χ3n) is 5.53. The second kappa shape index (κ2) is 11.0. The lowest BCUT2D eigenvalue weighted by atomic mass is 9.80. The minimum absolute atomic E-state index is 0.0550. The van der Waals surface area contributed by atoms with E-state index in [1.807, 2.05) is 27.7 Å². The summed E-state index contributed by atoms with van der Waals surface area (Å²) < 4.78 is 5.70. The van der Waals surface area contributed by atoms with Crippen LogP contribution in [0.2, 0.25) is 0 Å². The molecule has 166 valence electrons. The average molecular weight is 413 g/mol. The second-order valence-electron chi connectivity index (χ2n) is 8.23. The number of nitrogens with zero attached hydrogens (tertiary/aromatic N) is 1. The minimum atomic E-state index is -1.07. The number of esters is 1. The Kier molecular flexibility index (Phi) is 9.39. The van der Waals surface area contributed by atoms with Gasteiger partial charge in [-0.3, -0.25) is 14.4 Å². The molecule has 0 saturated heterocycles. The molecule has 9 heteroatoms. The maximum absolute atomic E-state index is 12.4. The standard InChI is InChI=1S/C20H36N4O5/c1-6-12(7-2)17(23-11(5)25)16-14(24-20(21)22)9-13(19(27)28)18(16)29-15(26)8-10(3)4/h10,12-14,16-18H,6-9H2,1-5H3,(H,23,25)(H,27,28)(H4,21,22,24)/t13-,14+,16+,17?,18?/m0/s1. The molecule has 5 atom stereocenters. The molecule has 0 aromatic rings. The van der Waals surface area contributed by atoms with Crippen molar-refractivity contribution in [3.05, 3.63) is 0 Å². The number of carboxylic acid groups (broad SMARTS) is 1. The van der Waals surface area contributed by atoms with Gasteiger partial charge >= 0.3 is 11.9 Å². The van der Waals surface area contributed by atoms with Gasteiger partial charge < -0.3 is 26.6 Å². The number of aliphatic imine (C=N–C) groups is 1. The van der Waals surface area contributed by atoms with E-state index in [9.17, 15) is 19.5 Å². The van der Waals surface area contributed by atoms with E-state index in [0.717, 1.165) is 12.8 Å². The lowest BCUT2D eigenvalue weighted by molar-refractivity contribution is -0.160. The first-order valence-electron chi connectivity index (χ1n) is 10.3. The van der Waals surface area contributed by atoms with Gasteiger partial charge in [-0.05, 0) is 18.3 Å². The molecule has 0 aliphatic heterocycles. The van der Waals surface area contributed by atoms with Gasteiger partial charge in [-0.2, -0.15) is 0 Å². The van der Waals surface area contributed by atoms with Crippen LogP contribution in [0.4, 0.5) is 0 Å². The topological polar surface area (TPSA) is 157 Å². The van der Waals surface area contributed by atoms with Crippen LogP contribution in [-0.2, 0) is 19.1 Å². The smallest absolute Gasteiger partial charge is 0.310 e. The van der Waals surface area contributed by atoms with Gasteiger partial charge in [0.25, 0.3) is 0 Å². The molecule has 2 unspecified atom stereocenters. The molecule has 0 heterocycles. The summed E-state index contributed by atoms with van der Waals surface area (Å²) in [5, 5.41) is 12.7. The third kappa shape index (κ3) is 6.90. The number of rotatable bonds is 10. The zero-order chi connectivity index (χ0) is 22.3. The Bertz CT molecular complexity index is 614. The highest BCUT2D eigenvalue weighted by Gasteiger charge is 2.53. The van der Waals surface area contributed by atoms with Crippen LogP contribution in [-0.4, -0.2) is 47.1 Å². The van der Waals surface area contributed by atoms with Gasteiger partial charge in [-0.25, -0.2) is 4.99 Å². The lowest BCUT2D eigenvalue weighted by Crippen LogP contribution is -2.52.